The van der Waals surface area contributed by atoms with Gasteiger partial charge in [-0.15, -0.1) is 0 Å². The minimum Gasteiger partial charge on any atom is -0.493 e. The molecule has 0 unspecified atom stereocenters. The molecule has 0 aliphatic carbocycles. The second kappa shape index (κ2) is 8.56. The van der Waals surface area contributed by atoms with Gasteiger partial charge >= 0.3 is 5.97 Å². The second-order valence-electron chi connectivity index (χ2n) is 7.68. The first-order chi connectivity index (χ1) is 14.2. The Balaban J connectivity index is 2.17. The van der Waals surface area contributed by atoms with Crippen LogP contribution >= 0.6 is 11.6 Å². The van der Waals surface area contributed by atoms with Gasteiger partial charge in [0.1, 0.15) is 0 Å². The van der Waals surface area contributed by atoms with E-state index in [4.69, 9.17) is 25.8 Å². The summed E-state index contributed by atoms with van der Waals surface area (Å²) in [6, 6.07) is 10.8. The lowest BCUT2D eigenvalue weighted by atomic mass is 9.86. The topological polar surface area (TPSA) is 65.1 Å². The Bertz CT molecular complexity index is 972. The van der Waals surface area contributed by atoms with Crippen molar-refractivity contribution in [2.24, 2.45) is 0 Å². The number of ether oxygens (including phenoxy) is 3. The third kappa shape index (κ3) is 4.10. The van der Waals surface area contributed by atoms with E-state index in [9.17, 15) is 9.59 Å². The fourth-order valence-electron chi connectivity index (χ4n) is 3.95. The molecule has 6 nitrogen and oxygen atoms in total. The van der Waals surface area contributed by atoms with E-state index < -0.39 is 17.6 Å². The molecule has 0 fully saturated rings. The summed E-state index contributed by atoms with van der Waals surface area (Å²) >= 11 is 6.55. The summed E-state index contributed by atoms with van der Waals surface area (Å²) in [5, 5.41) is 0.549. The molecule has 1 aliphatic heterocycles. The molecule has 0 bridgehead atoms. The summed E-state index contributed by atoms with van der Waals surface area (Å²) in [6.45, 7) is 4.94. The highest BCUT2D eigenvalue weighted by Crippen LogP contribution is 2.43. The van der Waals surface area contributed by atoms with Crippen LogP contribution in [-0.2, 0) is 20.7 Å². The standard InChI is InChI=1S/C23H26ClNO5/c1-14(26)30-23(2,3)22(27)25-11-10-15-12-19(28-4)20(29-5)13-17(15)21(25)16-8-6-7-9-18(16)24/h6-9,12-13,21H,10-11H2,1-5H3/t21-/m1/s1. The first kappa shape index (κ1) is 22.0. The summed E-state index contributed by atoms with van der Waals surface area (Å²) < 4.78 is 16.3. The number of methoxy groups -OCH3 is 2. The molecule has 160 valence electrons. The van der Waals surface area contributed by atoms with Gasteiger partial charge in [0.25, 0.3) is 5.91 Å². The number of hydrogen-bond donors (Lipinski definition) is 0. The van der Waals surface area contributed by atoms with Crippen molar-refractivity contribution in [2.75, 3.05) is 20.8 Å². The Kier molecular flexibility index (Phi) is 6.27. The molecule has 0 saturated heterocycles. The zero-order chi connectivity index (χ0) is 22.1. The SMILES string of the molecule is COc1cc2c(cc1OC)[C@@H](c1ccccc1Cl)N(C(=O)C(C)(C)OC(C)=O)CC2. The van der Waals surface area contributed by atoms with Crippen molar-refractivity contribution in [2.45, 2.75) is 38.8 Å². The molecule has 30 heavy (non-hydrogen) atoms. The average molecular weight is 432 g/mol. The fraction of sp³-hybridized carbons (Fsp3) is 0.391. The Labute approximate surface area is 181 Å². The van der Waals surface area contributed by atoms with E-state index in [1.165, 1.54) is 6.92 Å². The molecule has 0 N–H and O–H groups in total. The Hall–Kier alpha value is -2.73. The number of hydrogen-bond acceptors (Lipinski definition) is 5. The molecule has 2 aromatic carbocycles. The number of amides is 1. The van der Waals surface area contributed by atoms with Crippen LogP contribution in [0.2, 0.25) is 5.02 Å². The molecule has 0 spiro atoms. The smallest absolute Gasteiger partial charge is 0.303 e. The lowest BCUT2D eigenvalue weighted by molar-refractivity contribution is -0.169. The highest BCUT2D eigenvalue weighted by Gasteiger charge is 2.42. The van der Waals surface area contributed by atoms with Crippen molar-refractivity contribution in [1.82, 2.24) is 4.90 Å². The summed E-state index contributed by atoms with van der Waals surface area (Å²) in [6.07, 6.45) is 0.624. The monoisotopic (exact) mass is 431 g/mol. The van der Waals surface area contributed by atoms with Crippen molar-refractivity contribution in [3.8, 4) is 11.5 Å². The summed E-state index contributed by atoms with van der Waals surface area (Å²) in [5.41, 5.74) is 1.43. The zero-order valence-electron chi connectivity index (χ0n) is 17.8. The minimum atomic E-state index is -1.31. The van der Waals surface area contributed by atoms with Gasteiger partial charge < -0.3 is 19.1 Å². The van der Waals surface area contributed by atoms with Crippen LogP contribution in [0.1, 0.15) is 43.5 Å². The van der Waals surface area contributed by atoms with E-state index in [0.717, 1.165) is 16.7 Å². The third-order valence-corrected chi connectivity index (χ3v) is 5.59. The van der Waals surface area contributed by atoms with Gasteiger partial charge in [-0.05, 0) is 55.2 Å². The molecule has 0 aromatic heterocycles. The number of carbonyl (C=O) groups excluding carboxylic acids is 2. The van der Waals surface area contributed by atoms with Crippen LogP contribution in [0.4, 0.5) is 0 Å². The number of halogens is 1. The normalized spacial score (nSPS) is 15.9. The molecule has 1 aliphatic rings. The lowest BCUT2D eigenvalue weighted by Crippen LogP contribution is -2.51. The van der Waals surface area contributed by atoms with E-state index in [2.05, 4.69) is 0 Å². The van der Waals surface area contributed by atoms with Gasteiger partial charge in [0.15, 0.2) is 17.1 Å². The molecule has 1 amide bonds. The summed E-state index contributed by atoms with van der Waals surface area (Å²) in [7, 11) is 3.17. The minimum absolute atomic E-state index is 0.289. The maximum atomic E-state index is 13.5. The predicted octanol–water partition coefficient (Wildman–Crippen LogP) is 4.17. The van der Waals surface area contributed by atoms with Crippen LogP contribution < -0.4 is 9.47 Å². The zero-order valence-corrected chi connectivity index (χ0v) is 18.6. The molecular formula is C23H26ClNO5. The molecule has 1 heterocycles. The molecular weight excluding hydrogens is 406 g/mol. The Morgan fingerprint density at radius 3 is 2.30 bits per heavy atom. The number of fused-ring (bicyclic) bond motifs is 1. The van der Waals surface area contributed by atoms with Crippen LogP contribution in [0.5, 0.6) is 11.5 Å². The van der Waals surface area contributed by atoms with Crippen LogP contribution in [0.15, 0.2) is 36.4 Å². The third-order valence-electron chi connectivity index (χ3n) is 5.25. The van der Waals surface area contributed by atoms with E-state index in [1.54, 1.807) is 39.0 Å². The largest absolute Gasteiger partial charge is 0.493 e. The lowest BCUT2D eigenvalue weighted by Gasteiger charge is -2.41. The average Bonchev–Trinajstić information content (AvgIpc) is 2.71. The molecule has 1 atom stereocenters. The summed E-state index contributed by atoms with van der Waals surface area (Å²) in [4.78, 5) is 26.8. The van der Waals surface area contributed by atoms with E-state index in [-0.39, 0.29) is 5.91 Å². The van der Waals surface area contributed by atoms with E-state index in [0.29, 0.717) is 29.5 Å². The van der Waals surface area contributed by atoms with Gasteiger partial charge in [-0.25, -0.2) is 0 Å². The van der Waals surface area contributed by atoms with Crippen molar-refractivity contribution >= 4 is 23.5 Å². The number of nitrogens with zero attached hydrogens (tertiary/aromatic N) is 1. The maximum Gasteiger partial charge on any atom is 0.303 e. The van der Waals surface area contributed by atoms with Gasteiger partial charge in [0, 0.05) is 18.5 Å². The molecule has 7 heteroatoms. The Morgan fingerprint density at radius 2 is 1.70 bits per heavy atom. The van der Waals surface area contributed by atoms with Crippen LogP contribution in [0.25, 0.3) is 0 Å². The Morgan fingerprint density at radius 1 is 1.07 bits per heavy atom. The molecule has 2 aromatic rings. The van der Waals surface area contributed by atoms with Crippen LogP contribution in [0, 0.1) is 0 Å². The summed E-state index contributed by atoms with van der Waals surface area (Å²) in [5.74, 6) is 0.408. The number of carbonyl (C=O) groups is 2. The van der Waals surface area contributed by atoms with Crippen LogP contribution in [0.3, 0.4) is 0 Å². The number of esters is 1. The number of rotatable bonds is 5. The predicted molar refractivity (Wildman–Crippen MR) is 114 cm³/mol. The van der Waals surface area contributed by atoms with Crippen molar-refractivity contribution < 1.29 is 23.8 Å². The quantitative estimate of drug-likeness (QED) is 0.664. The number of benzene rings is 2. The van der Waals surface area contributed by atoms with Crippen molar-refractivity contribution in [3.63, 3.8) is 0 Å². The van der Waals surface area contributed by atoms with Crippen molar-refractivity contribution in [3.05, 3.63) is 58.1 Å². The van der Waals surface area contributed by atoms with Gasteiger partial charge in [-0.2, -0.15) is 0 Å². The van der Waals surface area contributed by atoms with Gasteiger partial charge in [0.2, 0.25) is 0 Å². The highest BCUT2D eigenvalue weighted by molar-refractivity contribution is 6.31. The first-order valence-electron chi connectivity index (χ1n) is 9.69. The van der Waals surface area contributed by atoms with E-state index in [1.807, 2.05) is 30.3 Å². The molecule has 0 radical (unpaired) electrons. The van der Waals surface area contributed by atoms with Crippen molar-refractivity contribution in [1.29, 1.82) is 0 Å². The molecule has 0 saturated carbocycles. The maximum absolute atomic E-state index is 13.5. The fourth-order valence-corrected chi connectivity index (χ4v) is 4.18. The first-order valence-corrected chi connectivity index (χ1v) is 10.1. The van der Waals surface area contributed by atoms with Gasteiger partial charge in [-0.3, -0.25) is 9.59 Å². The highest BCUT2D eigenvalue weighted by atomic mass is 35.5. The van der Waals surface area contributed by atoms with E-state index >= 15 is 0 Å². The van der Waals surface area contributed by atoms with Gasteiger partial charge in [-0.1, -0.05) is 29.8 Å². The second-order valence-corrected chi connectivity index (χ2v) is 8.09. The molecule has 3 rings (SSSR count). The van der Waals surface area contributed by atoms with Gasteiger partial charge in [0.05, 0.1) is 20.3 Å². The van der Waals surface area contributed by atoms with Crippen LogP contribution in [-0.4, -0.2) is 43.1 Å².